The van der Waals surface area contributed by atoms with Gasteiger partial charge in [-0.05, 0) is 12.0 Å². The van der Waals surface area contributed by atoms with Crippen LogP contribution in [0.4, 0.5) is 0 Å². The standard InChI is InChI=1S/C13H12O3/c1-2-6-10-11(13(15)16-12(10)14)9-7-4-3-5-8-9/h3-5,7-8H,2,6H2,1H3. The van der Waals surface area contributed by atoms with Crippen molar-refractivity contribution in [3.05, 3.63) is 41.5 Å². The van der Waals surface area contributed by atoms with E-state index in [2.05, 4.69) is 4.74 Å². The number of carbonyl (C=O) groups is 2. The molecular formula is C13H12O3. The molecule has 1 aromatic carbocycles. The summed E-state index contributed by atoms with van der Waals surface area (Å²) in [7, 11) is 0. The van der Waals surface area contributed by atoms with Gasteiger partial charge >= 0.3 is 11.9 Å². The van der Waals surface area contributed by atoms with Gasteiger partial charge in [-0.2, -0.15) is 0 Å². The number of cyclic esters (lactones) is 2. The molecule has 0 radical (unpaired) electrons. The molecule has 3 heteroatoms. The lowest BCUT2D eigenvalue weighted by atomic mass is 9.99. The van der Waals surface area contributed by atoms with Crippen LogP contribution in [0.25, 0.3) is 5.57 Å². The van der Waals surface area contributed by atoms with Crippen LogP contribution in [0.1, 0.15) is 25.3 Å². The van der Waals surface area contributed by atoms with Gasteiger partial charge in [0.05, 0.1) is 11.1 Å². The molecule has 0 bridgehead atoms. The van der Waals surface area contributed by atoms with Gasteiger partial charge in [-0.15, -0.1) is 0 Å². The summed E-state index contributed by atoms with van der Waals surface area (Å²) in [5.74, 6) is -1.02. The maximum atomic E-state index is 11.6. The molecule has 0 N–H and O–H groups in total. The maximum Gasteiger partial charge on any atom is 0.347 e. The third kappa shape index (κ3) is 1.76. The molecule has 3 nitrogen and oxygen atoms in total. The van der Waals surface area contributed by atoms with Gasteiger partial charge in [0, 0.05) is 0 Å². The smallest absolute Gasteiger partial charge is 0.347 e. The average molecular weight is 216 g/mol. The molecule has 0 atom stereocenters. The number of esters is 2. The molecular weight excluding hydrogens is 204 g/mol. The van der Waals surface area contributed by atoms with E-state index in [9.17, 15) is 9.59 Å². The molecule has 0 spiro atoms. The van der Waals surface area contributed by atoms with Gasteiger partial charge in [0.15, 0.2) is 0 Å². The zero-order valence-electron chi connectivity index (χ0n) is 9.03. The SMILES string of the molecule is CCCC1=C(c2ccccc2)C(=O)OC1=O. The van der Waals surface area contributed by atoms with Crippen LogP contribution in [-0.4, -0.2) is 11.9 Å². The van der Waals surface area contributed by atoms with Crippen molar-refractivity contribution in [2.24, 2.45) is 0 Å². The molecule has 1 heterocycles. The summed E-state index contributed by atoms with van der Waals surface area (Å²) in [4.78, 5) is 23.0. The Balaban J connectivity index is 2.50. The normalized spacial score (nSPS) is 15.6. The van der Waals surface area contributed by atoms with E-state index >= 15 is 0 Å². The Labute approximate surface area is 93.7 Å². The Bertz CT molecular complexity index is 457. The van der Waals surface area contributed by atoms with E-state index in [1.807, 2.05) is 37.3 Å². The van der Waals surface area contributed by atoms with Gasteiger partial charge in [0.2, 0.25) is 0 Å². The lowest BCUT2D eigenvalue weighted by Crippen LogP contribution is -2.02. The van der Waals surface area contributed by atoms with Crippen LogP contribution in [0.2, 0.25) is 0 Å². The Kier molecular flexibility index (Phi) is 2.86. The zero-order valence-corrected chi connectivity index (χ0v) is 9.03. The van der Waals surface area contributed by atoms with E-state index in [4.69, 9.17) is 0 Å². The Morgan fingerprint density at radius 3 is 2.38 bits per heavy atom. The minimum absolute atomic E-state index is 0.424. The van der Waals surface area contributed by atoms with Gasteiger partial charge < -0.3 is 4.74 Å². The molecule has 16 heavy (non-hydrogen) atoms. The Hall–Kier alpha value is -1.90. The number of benzene rings is 1. The van der Waals surface area contributed by atoms with Crippen molar-refractivity contribution >= 4 is 17.5 Å². The molecule has 1 aliphatic rings. The van der Waals surface area contributed by atoms with Gasteiger partial charge in [0.25, 0.3) is 0 Å². The number of ether oxygens (including phenoxy) is 1. The van der Waals surface area contributed by atoms with Crippen molar-refractivity contribution in [2.45, 2.75) is 19.8 Å². The average Bonchev–Trinajstić information content (AvgIpc) is 2.56. The summed E-state index contributed by atoms with van der Waals surface area (Å²) >= 11 is 0. The number of hydrogen-bond acceptors (Lipinski definition) is 3. The highest BCUT2D eigenvalue weighted by Crippen LogP contribution is 2.29. The molecule has 0 unspecified atom stereocenters. The van der Waals surface area contributed by atoms with Gasteiger partial charge in [0.1, 0.15) is 0 Å². The Morgan fingerprint density at radius 2 is 1.75 bits per heavy atom. The molecule has 0 aromatic heterocycles. The van der Waals surface area contributed by atoms with Gasteiger partial charge in [-0.1, -0.05) is 43.7 Å². The summed E-state index contributed by atoms with van der Waals surface area (Å²) < 4.78 is 4.64. The first-order chi connectivity index (χ1) is 7.74. The molecule has 82 valence electrons. The van der Waals surface area contributed by atoms with Crippen LogP contribution >= 0.6 is 0 Å². The highest BCUT2D eigenvalue weighted by atomic mass is 16.6. The highest BCUT2D eigenvalue weighted by molar-refractivity contribution is 6.30. The highest BCUT2D eigenvalue weighted by Gasteiger charge is 2.32. The molecule has 1 aliphatic heterocycles. The van der Waals surface area contributed by atoms with Crippen molar-refractivity contribution in [3.63, 3.8) is 0 Å². The van der Waals surface area contributed by atoms with Crippen LogP contribution in [0, 0.1) is 0 Å². The molecule has 0 fully saturated rings. The van der Waals surface area contributed by atoms with Gasteiger partial charge in [-0.25, -0.2) is 9.59 Å². The predicted octanol–water partition coefficient (Wildman–Crippen LogP) is 2.32. The van der Waals surface area contributed by atoms with E-state index in [1.54, 1.807) is 0 Å². The van der Waals surface area contributed by atoms with Crippen molar-refractivity contribution in [2.75, 3.05) is 0 Å². The second-order valence-electron chi connectivity index (χ2n) is 3.65. The second-order valence-corrected chi connectivity index (χ2v) is 3.65. The quantitative estimate of drug-likeness (QED) is 0.575. The van der Waals surface area contributed by atoms with Gasteiger partial charge in [-0.3, -0.25) is 0 Å². The van der Waals surface area contributed by atoms with Crippen LogP contribution in [0.15, 0.2) is 35.9 Å². The van der Waals surface area contributed by atoms with Crippen LogP contribution < -0.4 is 0 Å². The minimum atomic E-state index is -0.528. The number of carbonyl (C=O) groups excluding carboxylic acids is 2. The predicted molar refractivity (Wildman–Crippen MR) is 59.4 cm³/mol. The summed E-state index contributed by atoms with van der Waals surface area (Å²) in [6.07, 6.45) is 1.39. The summed E-state index contributed by atoms with van der Waals surface area (Å²) in [6.45, 7) is 1.96. The van der Waals surface area contributed by atoms with E-state index < -0.39 is 11.9 Å². The first-order valence-corrected chi connectivity index (χ1v) is 5.29. The van der Waals surface area contributed by atoms with Crippen LogP contribution in [-0.2, 0) is 14.3 Å². The molecule has 0 aliphatic carbocycles. The fourth-order valence-corrected chi connectivity index (χ4v) is 1.80. The largest absolute Gasteiger partial charge is 0.386 e. The molecule has 0 saturated heterocycles. The van der Waals surface area contributed by atoms with E-state index in [-0.39, 0.29) is 0 Å². The topological polar surface area (TPSA) is 43.4 Å². The van der Waals surface area contributed by atoms with Crippen molar-refractivity contribution in [1.82, 2.24) is 0 Å². The van der Waals surface area contributed by atoms with Crippen molar-refractivity contribution in [3.8, 4) is 0 Å². The fourth-order valence-electron chi connectivity index (χ4n) is 1.80. The van der Waals surface area contributed by atoms with Crippen molar-refractivity contribution < 1.29 is 14.3 Å². The second kappa shape index (κ2) is 4.31. The Morgan fingerprint density at radius 1 is 1.06 bits per heavy atom. The first-order valence-electron chi connectivity index (χ1n) is 5.29. The summed E-state index contributed by atoms with van der Waals surface area (Å²) in [6, 6.07) is 9.16. The van der Waals surface area contributed by atoms with E-state index in [1.165, 1.54) is 0 Å². The molecule has 0 saturated carbocycles. The van der Waals surface area contributed by atoms with Crippen molar-refractivity contribution in [1.29, 1.82) is 0 Å². The number of hydrogen-bond donors (Lipinski definition) is 0. The van der Waals surface area contributed by atoms with E-state index in [0.29, 0.717) is 17.6 Å². The zero-order chi connectivity index (χ0) is 11.5. The molecule has 0 amide bonds. The van der Waals surface area contributed by atoms with Crippen LogP contribution in [0.3, 0.4) is 0 Å². The third-order valence-electron chi connectivity index (χ3n) is 2.50. The minimum Gasteiger partial charge on any atom is -0.386 e. The summed E-state index contributed by atoms with van der Waals surface area (Å²) in [5.41, 5.74) is 1.67. The first kappa shape index (κ1) is 10.6. The van der Waals surface area contributed by atoms with E-state index in [0.717, 1.165) is 12.0 Å². The maximum absolute atomic E-state index is 11.6. The van der Waals surface area contributed by atoms with Crippen LogP contribution in [0.5, 0.6) is 0 Å². The lowest BCUT2D eigenvalue weighted by molar-refractivity contribution is -0.150. The monoisotopic (exact) mass is 216 g/mol. The summed E-state index contributed by atoms with van der Waals surface area (Å²) in [5, 5.41) is 0. The molecule has 1 aromatic rings. The number of rotatable bonds is 3. The molecule has 2 rings (SSSR count). The third-order valence-corrected chi connectivity index (χ3v) is 2.50. The lowest BCUT2D eigenvalue weighted by Gasteiger charge is -2.00. The fraction of sp³-hybridized carbons (Fsp3) is 0.231.